The van der Waals surface area contributed by atoms with Crippen LogP contribution in [0.1, 0.15) is 38.8 Å². The van der Waals surface area contributed by atoms with Crippen LogP contribution in [-0.2, 0) is 6.61 Å². The molecule has 0 spiro atoms. The molecule has 134 valence electrons. The number of hydrogen-bond acceptors (Lipinski definition) is 1. The maximum atomic E-state index is 6.02. The average Bonchev–Trinajstić information content (AvgIpc) is 2.67. The van der Waals surface area contributed by atoms with Crippen molar-refractivity contribution < 1.29 is 4.74 Å². The highest BCUT2D eigenvalue weighted by Crippen LogP contribution is 2.29. The lowest BCUT2D eigenvalue weighted by Crippen LogP contribution is -1.98. The van der Waals surface area contributed by atoms with E-state index in [4.69, 9.17) is 16.3 Å². The Bertz CT molecular complexity index is 799. The second-order valence-electron chi connectivity index (χ2n) is 4.96. The predicted molar refractivity (Wildman–Crippen MR) is 115 cm³/mol. The molecular weight excluding hydrogens is 396 g/mol. The van der Waals surface area contributed by atoms with E-state index < -0.39 is 0 Å². The molecule has 0 aliphatic carbocycles. The van der Waals surface area contributed by atoms with Gasteiger partial charge in [0.25, 0.3) is 0 Å². The molecule has 3 aromatic rings. The summed E-state index contributed by atoms with van der Waals surface area (Å²) >= 11 is 9.70. The molecule has 1 nitrogen and oxygen atoms in total. The lowest BCUT2D eigenvalue weighted by molar-refractivity contribution is 0.303. The van der Waals surface area contributed by atoms with Gasteiger partial charge in [0.15, 0.2) is 0 Å². The first kappa shape index (κ1) is 21.5. The van der Waals surface area contributed by atoms with Gasteiger partial charge in [0, 0.05) is 15.1 Å². The second kappa shape index (κ2) is 11.2. The summed E-state index contributed by atoms with van der Waals surface area (Å²) < 4.78 is 7.00. The fraction of sp³-hybridized carbons (Fsp3) is 0.273. The van der Waals surface area contributed by atoms with E-state index in [-0.39, 0.29) is 0 Å². The summed E-state index contributed by atoms with van der Waals surface area (Å²) in [4.78, 5) is 0. The molecule has 0 unspecified atom stereocenters. The third-order valence-electron chi connectivity index (χ3n) is 3.48. The zero-order chi connectivity index (χ0) is 18.8. The van der Waals surface area contributed by atoms with E-state index in [0.29, 0.717) is 11.6 Å². The molecule has 3 heteroatoms. The maximum Gasteiger partial charge on any atom is 0.124 e. The Labute approximate surface area is 165 Å². The van der Waals surface area contributed by atoms with Crippen molar-refractivity contribution in [2.45, 2.75) is 41.2 Å². The quantitative estimate of drug-likeness (QED) is 0.414. The van der Waals surface area contributed by atoms with Gasteiger partial charge >= 0.3 is 0 Å². The molecule has 0 saturated heterocycles. The molecule has 25 heavy (non-hydrogen) atoms. The van der Waals surface area contributed by atoms with Gasteiger partial charge in [-0.15, -0.1) is 0 Å². The zero-order valence-corrected chi connectivity index (χ0v) is 17.9. The second-order valence-corrected chi connectivity index (χ2v) is 6.19. The Morgan fingerprint density at radius 3 is 2.32 bits per heavy atom. The van der Waals surface area contributed by atoms with Gasteiger partial charge in [-0.1, -0.05) is 81.8 Å². The molecule has 3 aromatic carbocycles. The fourth-order valence-corrected chi connectivity index (χ4v) is 3.04. The highest BCUT2D eigenvalue weighted by Gasteiger charge is 2.07. The molecule has 0 atom stereocenters. The maximum absolute atomic E-state index is 6.02. The largest absolute Gasteiger partial charge is 0.489 e. The van der Waals surface area contributed by atoms with E-state index in [2.05, 4.69) is 40.2 Å². The van der Waals surface area contributed by atoms with Crippen LogP contribution in [-0.4, -0.2) is 0 Å². The fourth-order valence-electron chi connectivity index (χ4n) is 2.28. The number of halogens is 2. The highest BCUT2D eigenvalue weighted by atomic mass is 79.9. The van der Waals surface area contributed by atoms with Crippen molar-refractivity contribution in [2.75, 3.05) is 0 Å². The minimum atomic E-state index is 0.507. The van der Waals surface area contributed by atoms with Gasteiger partial charge < -0.3 is 4.74 Å². The van der Waals surface area contributed by atoms with Gasteiger partial charge in [0.05, 0.1) is 0 Å². The minimum absolute atomic E-state index is 0.507. The predicted octanol–water partition coefficient (Wildman–Crippen LogP) is 8.20. The molecular formula is C22H26BrClO. The van der Waals surface area contributed by atoms with Crippen LogP contribution in [0.3, 0.4) is 0 Å². The molecule has 0 saturated carbocycles. The van der Waals surface area contributed by atoms with Gasteiger partial charge in [-0.3, -0.25) is 0 Å². The summed E-state index contributed by atoms with van der Waals surface area (Å²) in [5.74, 6) is 0.822. The first-order valence-electron chi connectivity index (χ1n) is 8.70. The molecule has 3 rings (SSSR count). The van der Waals surface area contributed by atoms with Crippen molar-refractivity contribution in [3.8, 4) is 5.75 Å². The molecule has 0 heterocycles. The number of aryl methyl sites for hydroxylation is 1. The first-order chi connectivity index (χ1) is 12.1. The van der Waals surface area contributed by atoms with Crippen molar-refractivity contribution in [3.63, 3.8) is 0 Å². The number of hydrogen-bond donors (Lipinski definition) is 0. The van der Waals surface area contributed by atoms with Crippen LogP contribution in [0.15, 0.2) is 59.1 Å². The summed E-state index contributed by atoms with van der Waals surface area (Å²) in [6.45, 7) is 10.5. The van der Waals surface area contributed by atoms with Crippen molar-refractivity contribution in [1.82, 2.24) is 0 Å². The topological polar surface area (TPSA) is 9.23 Å². The normalized spacial score (nSPS) is 9.56. The number of benzene rings is 3. The molecule has 0 aromatic heterocycles. The summed E-state index contributed by atoms with van der Waals surface area (Å²) in [7, 11) is 0. The SMILES string of the molecule is CC.CC.Cc1ccc(Cl)cc1OCc1ccc2ccccc2c1Br. The van der Waals surface area contributed by atoms with Crippen LogP contribution in [0.5, 0.6) is 5.75 Å². The van der Waals surface area contributed by atoms with Gasteiger partial charge in [-0.2, -0.15) is 0 Å². The Morgan fingerprint density at radius 1 is 0.920 bits per heavy atom. The molecule has 0 fully saturated rings. The number of rotatable bonds is 3. The number of fused-ring (bicyclic) bond motifs is 1. The van der Waals surface area contributed by atoms with E-state index in [0.717, 1.165) is 21.3 Å². The smallest absolute Gasteiger partial charge is 0.124 e. The summed E-state index contributed by atoms with van der Waals surface area (Å²) in [5, 5.41) is 3.10. The van der Waals surface area contributed by atoms with Crippen LogP contribution in [0, 0.1) is 6.92 Å². The lowest BCUT2D eigenvalue weighted by atomic mass is 10.1. The molecule has 0 radical (unpaired) electrons. The highest BCUT2D eigenvalue weighted by molar-refractivity contribution is 9.10. The van der Waals surface area contributed by atoms with E-state index in [1.54, 1.807) is 0 Å². The van der Waals surface area contributed by atoms with Crippen LogP contribution < -0.4 is 4.74 Å². The third-order valence-corrected chi connectivity index (χ3v) is 4.65. The van der Waals surface area contributed by atoms with Gasteiger partial charge in [0.1, 0.15) is 12.4 Å². The molecule has 0 aliphatic rings. The van der Waals surface area contributed by atoms with Gasteiger partial charge in [-0.05, 0) is 51.3 Å². The van der Waals surface area contributed by atoms with Crippen molar-refractivity contribution in [2.24, 2.45) is 0 Å². The van der Waals surface area contributed by atoms with E-state index >= 15 is 0 Å². The van der Waals surface area contributed by atoms with Crippen molar-refractivity contribution in [3.05, 3.63) is 75.2 Å². The standard InChI is InChI=1S/C18H14BrClO.2C2H6/c1-12-6-9-15(20)10-17(12)21-11-14-8-7-13-4-2-3-5-16(13)18(14)19;2*1-2/h2-10H,11H2,1H3;2*1-2H3. The van der Waals surface area contributed by atoms with Crippen molar-refractivity contribution in [1.29, 1.82) is 0 Å². The minimum Gasteiger partial charge on any atom is -0.489 e. The molecule has 0 amide bonds. The monoisotopic (exact) mass is 420 g/mol. The van der Waals surface area contributed by atoms with Crippen molar-refractivity contribution >= 4 is 38.3 Å². The van der Waals surface area contributed by atoms with Crippen LogP contribution in [0.2, 0.25) is 5.02 Å². The number of ether oxygens (including phenoxy) is 1. The Balaban J connectivity index is 0.000000730. The lowest BCUT2D eigenvalue weighted by Gasteiger charge is -2.12. The van der Waals surface area contributed by atoms with E-state index in [1.165, 1.54) is 10.8 Å². The third kappa shape index (κ3) is 5.76. The summed E-state index contributed by atoms with van der Waals surface area (Å²) in [5.41, 5.74) is 2.20. The summed E-state index contributed by atoms with van der Waals surface area (Å²) in [6.07, 6.45) is 0. The first-order valence-corrected chi connectivity index (χ1v) is 9.87. The van der Waals surface area contributed by atoms with E-state index in [1.807, 2.05) is 65.0 Å². The van der Waals surface area contributed by atoms with Crippen LogP contribution in [0.25, 0.3) is 10.8 Å². The van der Waals surface area contributed by atoms with Gasteiger partial charge in [0.2, 0.25) is 0 Å². The zero-order valence-electron chi connectivity index (χ0n) is 15.6. The van der Waals surface area contributed by atoms with Gasteiger partial charge in [-0.25, -0.2) is 0 Å². The molecule has 0 aliphatic heterocycles. The molecule has 0 N–H and O–H groups in total. The molecule has 0 bridgehead atoms. The summed E-state index contributed by atoms with van der Waals surface area (Å²) in [6, 6.07) is 18.2. The van der Waals surface area contributed by atoms with E-state index in [9.17, 15) is 0 Å². The Morgan fingerprint density at radius 2 is 1.60 bits per heavy atom. The average molecular weight is 422 g/mol. The Kier molecular flexibility index (Phi) is 9.62. The van der Waals surface area contributed by atoms with Crippen LogP contribution in [0.4, 0.5) is 0 Å². The Hall–Kier alpha value is -1.51. The van der Waals surface area contributed by atoms with Crippen LogP contribution >= 0.6 is 27.5 Å².